The van der Waals surface area contributed by atoms with Crippen molar-refractivity contribution in [1.82, 2.24) is 10.2 Å². The fraction of sp³-hybridized carbons (Fsp3) is 0.212. The summed E-state index contributed by atoms with van der Waals surface area (Å²) in [5.74, 6) is -0.989. The molecule has 1 atom stereocenters. The van der Waals surface area contributed by atoms with Gasteiger partial charge in [0.15, 0.2) is 0 Å². The third-order valence-corrected chi connectivity index (χ3v) is 10.1. The van der Waals surface area contributed by atoms with Gasteiger partial charge in [0, 0.05) is 25.0 Å². The molecule has 7 nitrogen and oxygen atoms in total. The van der Waals surface area contributed by atoms with Crippen LogP contribution in [0.3, 0.4) is 0 Å². The van der Waals surface area contributed by atoms with Crippen molar-refractivity contribution in [3.8, 4) is 0 Å². The maximum atomic E-state index is 14.4. The summed E-state index contributed by atoms with van der Waals surface area (Å²) in [6.45, 7) is 3.18. The number of carbonyl (C=O) groups excluding carboxylic acids is 2. The second-order valence-electron chi connectivity index (χ2n) is 10.3. The molecule has 44 heavy (non-hydrogen) atoms. The number of hydrogen-bond acceptors (Lipinski definition) is 4. The Morgan fingerprint density at radius 1 is 0.795 bits per heavy atom. The van der Waals surface area contributed by atoms with Gasteiger partial charge in [0.2, 0.25) is 11.8 Å². The maximum absolute atomic E-state index is 14.4. The molecule has 0 spiro atoms. The Morgan fingerprint density at radius 2 is 1.48 bits per heavy atom. The molecule has 1 unspecified atom stereocenters. The van der Waals surface area contributed by atoms with E-state index >= 15 is 0 Å². The number of amides is 2. The van der Waals surface area contributed by atoms with E-state index in [0.717, 1.165) is 21.0 Å². The highest BCUT2D eigenvalue weighted by molar-refractivity contribution is 7.92. The Morgan fingerprint density at radius 3 is 2.09 bits per heavy atom. The van der Waals surface area contributed by atoms with Crippen molar-refractivity contribution < 1.29 is 18.0 Å². The van der Waals surface area contributed by atoms with Crippen LogP contribution < -0.4 is 9.62 Å². The number of rotatable bonds is 11. The van der Waals surface area contributed by atoms with E-state index in [1.807, 2.05) is 44.2 Å². The fourth-order valence-electron chi connectivity index (χ4n) is 4.70. The minimum atomic E-state index is -4.24. The predicted octanol–water partition coefficient (Wildman–Crippen LogP) is 6.85. The highest BCUT2D eigenvalue weighted by atomic mass is 35.5. The van der Waals surface area contributed by atoms with Gasteiger partial charge in [-0.1, -0.05) is 77.3 Å². The summed E-state index contributed by atoms with van der Waals surface area (Å²) in [6.07, 6.45) is 0.196. The largest absolute Gasteiger partial charge is 0.357 e. The van der Waals surface area contributed by atoms with E-state index in [9.17, 15) is 18.0 Å². The molecule has 4 aromatic rings. The summed E-state index contributed by atoms with van der Waals surface area (Å²) >= 11 is 18.5. The van der Waals surface area contributed by atoms with Gasteiger partial charge in [0.25, 0.3) is 10.0 Å². The van der Waals surface area contributed by atoms with Crippen LogP contribution in [0.25, 0.3) is 0 Å². The van der Waals surface area contributed by atoms with Gasteiger partial charge in [-0.25, -0.2) is 8.42 Å². The van der Waals surface area contributed by atoms with E-state index in [4.69, 9.17) is 34.8 Å². The van der Waals surface area contributed by atoms with Gasteiger partial charge in [-0.05, 0) is 84.6 Å². The highest BCUT2D eigenvalue weighted by Gasteiger charge is 2.34. The molecule has 2 amide bonds. The molecule has 1 N–H and O–H groups in total. The molecule has 0 saturated carbocycles. The number of anilines is 1. The number of sulfonamides is 1. The SMILES string of the molecule is CNC(=O)C(Cc1ccccc1)N(Cc1ccc(Cl)c(Cl)c1)C(=O)CN(c1ccc(C)c(C)c1)S(=O)(=O)c1ccc(Cl)cc1. The van der Waals surface area contributed by atoms with Crippen molar-refractivity contribution >= 4 is 62.3 Å². The number of nitrogens with one attached hydrogen (secondary N) is 1. The number of carbonyl (C=O) groups is 2. The van der Waals surface area contributed by atoms with Crippen LogP contribution in [0.4, 0.5) is 5.69 Å². The van der Waals surface area contributed by atoms with Gasteiger partial charge in [-0.15, -0.1) is 0 Å². The van der Waals surface area contributed by atoms with Crippen LogP contribution in [0.15, 0.2) is 95.9 Å². The van der Waals surface area contributed by atoms with Crippen LogP contribution >= 0.6 is 34.8 Å². The minimum absolute atomic E-state index is 0.0254. The van der Waals surface area contributed by atoms with Crippen LogP contribution in [0.2, 0.25) is 15.1 Å². The predicted molar refractivity (Wildman–Crippen MR) is 177 cm³/mol. The highest BCUT2D eigenvalue weighted by Crippen LogP contribution is 2.28. The first-order valence-electron chi connectivity index (χ1n) is 13.7. The Hall–Kier alpha value is -3.56. The van der Waals surface area contributed by atoms with Crippen LogP contribution in [-0.2, 0) is 32.6 Å². The number of benzene rings is 4. The van der Waals surface area contributed by atoms with Crippen LogP contribution in [0, 0.1) is 13.8 Å². The zero-order valence-electron chi connectivity index (χ0n) is 24.4. The standard InChI is InChI=1S/C33H32Cl3N3O4S/c1-22-9-13-27(17-23(22)2)39(44(42,43)28-14-11-26(34)12-15-28)21-32(40)38(20-25-10-16-29(35)30(36)18-25)31(33(41)37-3)19-24-7-5-4-6-8-24/h4-18,31H,19-21H2,1-3H3,(H,37,41). The zero-order chi connectivity index (χ0) is 32.0. The van der Waals surface area contributed by atoms with Gasteiger partial charge in [0.05, 0.1) is 20.6 Å². The normalized spacial score (nSPS) is 12.0. The number of aryl methyl sites for hydroxylation is 2. The quantitative estimate of drug-likeness (QED) is 0.189. The van der Waals surface area contributed by atoms with E-state index in [-0.39, 0.29) is 22.9 Å². The first-order valence-corrected chi connectivity index (χ1v) is 16.3. The molecule has 0 aliphatic carbocycles. The van der Waals surface area contributed by atoms with E-state index < -0.39 is 34.4 Å². The van der Waals surface area contributed by atoms with E-state index in [0.29, 0.717) is 21.3 Å². The first kappa shape index (κ1) is 33.3. The topological polar surface area (TPSA) is 86.8 Å². The molecule has 230 valence electrons. The summed E-state index contributed by atoms with van der Waals surface area (Å²) in [4.78, 5) is 29.1. The number of hydrogen-bond donors (Lipinski definition) is 1. The lowest BCUT2D eigenvalue weighted by Gasteiger charge is -2.33. The Kier molecular flexibility index (Phi) is 11.0. The minimum Gasteiger partial charge on any atom is -0.357 e. The lowest BCUT2D eigenvalue weighted by atomic mass is 10.0. The summed E-state index contributed by atoms with van der Waals surface area (Å²) < 4.78 is 29.2. The molecular formula is C33H32Cl3N3O4S. The molecule has 11 heteroatoms. The fourth-order valence-corrected chi connectivity index (χ4v) is 6.55. The van der Waals surface area contributed by atoms with Gasteiger partial charge >= 0.3 is 0 Å². The van der Waals surface area contributed by atoms with Gasteiger partial charge < -0.3 is 10.2 Å². The second kappa shape index (κ2) is 14.5. The molecule has 0 heterocycles. The molecule has 0 aliphatic rings. The third kappa shape index (κ3) is 7.93. The van der Waals surface area contributed by atoms with E-state index in [2.05, 4.69) is 5.32 Å². The Balaban J connectivity index is 1.81. The molecule has 0 bridgehead atoms. The first-order chi connectivity index (χ1) is 20.9. The molecule has 0 fully saturated rings. The summed E-state index contributed by atoms with van der Waals surface area (Å²) in [5, 5.41) is 3.67. The van der Waals surface area contributed by atoms with Crippen molar-refractivity contribution in [2.24, 2.45) is 0 Å². The Labute approximate surface area is 273 Å². The van der Waals surface area contributed by atoms with Gasteiger partial charge in [-0.2, -0.15) is 0 Å². The lowest BCUT2D eigenvalue weighted by Crippen LogP contribution is -2.53. The van der Waals surface area contributed by atoms with Gasteiger partial charge in [-0.3, -0.25) is 13.9 Å². The monoisotopic (exact) mass is 671 g/mol. The molecule has 0 aliphatic heterocycles. The molecule has 4 rings (SSSR count). The summed E-state index contributed by atoms with van der Waals surface area (Å²) in [7, 11) is -2.74. The van der Waals surface area contributed by atoms with Crippen molar-refractivity contribution in [2.75, 3.05) is 17.9 Å². The van der Waals surface area contributed by atoms with Crippen LogP contribution in [-0.4, -0.2) is 44.8 Å². The van der Waals surface area contributed by atoms with Crippen molar-refractivity contribution in [2.45, 2.75) is 37.8 Å². The van der Waals surface area contributed by atoms with Crippen molar-refractivity contribution in [1.29, 1.82) is 0 Å². The molecule has 0 radical (unpaired) electrons. The van der Waals surface area contributed by atoms with Crippen LogP contribution in [0.1, 0.15) is 22.3 Å². The number of likely N-dealkylation sites (N-methyl/N-ethyl adjacent to an activating group) is 1. The summed E-state index contributed by atoms with van der Waals surface area (Å²) in [6, 6.07) is 24.2. The maximum Gasteiger partial charge on any atom is 0.264 e. The molecule has 0 saturated heterocycles. The van der Waals surface area contributed by atoms with Crippen molar-refractivity contribution in [3.05, 3.63) is 128 Å². The Bertz CT molecular complexity index is 1750. The number of nitrogens with zero attached hydrogens (tertiary/aromatic N) is 2. The zero-order valence-corrected chi connectivity index (χ0v) is 27.5. The average molecular weight is 673 g/mol. The van der Waals surface area contributed by atoms with Crippen LogP contribution in [0.5, 0.6) is 0 Å². The summed E-state index contributed by atoms with van der Waals surface area (Å²) in [5.41, 5.74) is 3.57. The van der Waals surface area contributed by atoms with Gasteiger partial charge in [0.1, 0.15) is 12.6 Å². The van der Waals surface area contributed by atoms with E-state index in [1.165, 1.54) is 36.2 Å². The average Bonchev–Trinajstić information content (AvgIpc) is 3.01. The molecule has 0 aromatic heterocycles. The lowest BCUT2D eigenvalue weighted by molar-refractivity contribution is -0.139. The second-order valence-corrected chi connectivity index (χ2v) is 13.4. The molecular weight excluding hydrogens is 641 g/mol. The van der Waals surface area contributed by atoms with E-state index in [1.54, 1.807) is 36.4 Å². The third-order valence-electron chi connectivity index (χ3n) is 7.31. The number of halogens is 3. The molecule has 4 aromatic carbocycles. The smallest absolute Gasteiger partial charge is 0.264 e. The van der Waals surface area contributed by atoms with Crippen molar-refractivity contribution in [3.63, 3.8) is 0 Å².